The Morgan fingerprint density at radius 3 is 2.15 bits per heavy atom. The second-order valence-electron chi connectivity index (χ2n) is 5.59. The molecule has 148 valence electrons. The fourth-order valence-electron chi connectivity index (χ4n) is 2.15. The lowest BCUT2D eigenvalue weighted by Crippen LogP contribution is -2.52. The van der Waals surface area contributed by atoms with Crippen LogP contribution >= 0.6 is 0 Å². The molecule has 1 rings (SSSR count). The first kappa shape index (κ1) is 22.1. The summed E-state index contributed by atoms with van der Waals surface area (Å²) in [4.78, 5) is 47.2. The van der Waals surface area contributed by atoms with Gasteiger partial charge in [0, 0.05) is 6.42 Å². The summed E-state index contributed by atoms with van der Waals surface area (Å²) in [5.41, 5.74) is 0.817. The van der Waals surface area contributed by atoms with E-state index in [9.17, 15) is 19.2 Å². The van der Waals surface area contributed by atoms with Crippen LogP contribution in [0.15, 0.2) is 30.3 Å². The number of benzene rings is 1. The molecule has 10 heteroatoms. The summed E-state index contributed by atoms with van der Waals surface area (Å²) >= 11 is 0. The Labute approximate surface area is 157 Å². The van der Waals surface area contributed by atoms with Crippen LogP contribution < -0.4 is 26.6 Å². The van der Waals surface area contributed by atoms with Crippen molar-refractivity contribution in [1.82, 2.24) is 26.6 Å². The molecule has 1 atom stereocenters. The van der Waals surface area contributed by atoms with E-state index in [2.05, 4.69) is 26.6 Å². The van der Waals surface area contributed by atoms with Crippen LogP contribution in [0.1, 0.15) is 5.56 Å². The molecule has 0 radical (unpaired) electrons. The minimum absolute atomic E-state index is 0.0706. The number of carbonyl (C=O) groups is 4. The summed E-state index contributed by atoms with van der Waals surface area (Å²) in [5.74, 6) is -2.00. The Hall–Kier alpha value is -2.98. The van der Waals surface area contributed by atoms with Crippen LogP contribution in [0.3, 0.4) is 0 Å². The molecule has 0 heterocycles. The van der Waals surface area contributed by atoms with Crippen LogP contribution in [-0.2, 0) is 25.6 Å². The van der Waals surface area contributed by atoms with Crippen molar-refractivity contribution in [3.63, 3.8) is 0 Å². The molecule has 0 aromatic heterocycles. The first-order chi connectivity index (χ1) is 13.0. The van der Waals surface area contributed by atoms with Crippen LogP contribution in [0.2, 0.25) is 0 Å². The van der Waals surface area contributed by atoms with E-state index in [4.69, 9.17) is 5.11 Å². The van der Waals surface area contributed by atoms with Gasteiger partial charge in [-0.3, -0.25) is 19.2 Å². The monoisotopic (exact) mass is 379 g/mol. The molecule has 10 nitrogen and oxygen atoms in total. The van der Waals surface area contributed by atoms with Gasteiger partial charge in [0.05, 0.1) is 19.6 Å². The lowest BCUT2D eigenvalue weighted by Gasteiger charge is -2.19. The maximum atomic E-state index is 12.4. The Morgan fingerprint density at radius 1 is 0.889 bits per heavy atom. The molecule has 0 unspecified atom stereocenters. The van der Waals surface area contributed by atoms with Gasteiger partial charge < -0.3 is 31.7 Å². The molecule has 0 aliphatic heterocycles. The van der Waals surface area contributed by atoms with E-state index in [1.165, 1.54) is 0 Å². The van der Waals surface area contributed by atoms with E-state index in [0.29, 0.717) is 0 Å². The standard InChI is InChI=1S/C17H25N5O5/c1-18-8-14(24)19-10-16(26)22-13(7-12-5-3-2-4-6-12)17(27)20-9-15(25)21-11-23/h2-6,13,18,23H,7-11H2,1H3,(H,19,24)(H,20,27)(H,21,25)(H,22,26)/t13-/m0/s1. The van der Waals surface area contributed by atoms with Crippen molar-refractivity contribution < 1.29 is 24.3 Å². The molecular formula is C17H25N5O5. The van der Waals surface area contributed by atoms with E-state index >= 15 is 0 Å². The number of hydrogen-bond donors (Lipinski definition) is 6. The predicted molar refractivity (Wildman–Crippen MR) is 97.3 cm³/mol. The lowest BCUT2D eigenvalue weighted by molar-refractivity contribution is -0.131. The normalized spacial score (nSPS) is 11.2. The summed E-state index contributed by atoms with van der Waals surface area (Å²) in [6.45, 7) is -1.07. The average Bonchev–Trinajstić information content (AvgIpc) is 2.65. The van der Waals surface area contributed by atoms with E-state index in [1.807, 2.05) is 6.07 Å². The molecule has 27 heavy (non-hydrogen) atoms. The summed E-state index contributed by atoms with van der Waals surface area (Å²) in [6, 6.07) is 8.12. The van der Waals surface area contributed by atoms with Crippen molar-refractivity contribution in [3.05, 3.63) is 35.9 Å². The van der Waals surface area contributed by atoms with E-state index in [0.717, 1.165) is 5.56 Å². The third kappa shape index (κ3) is 9.33. The zero-order valence-corrected chi connectivity index (χ0v) is 15.1. The molecule has 0 bridgehead atoms. The van der Waals surface area contributed by atoms with Crippen molar-refractivity contribution in [1.29, 1.82) is 0 Å². The summed E-state index contributed by atoms with van der Waals surface area (Å²) in [7, 11) is 1.60. The fourth-order valence-corrected chi connectivity index (χ4v) is 2.15. The molecule has 6 N–H and O–H groups in total. The topological polar surface area (TPSA) is 149 Å². The number of carbonyl (C=O) groups excluding carboxylic acids is 4. The van der Waals surface area contributed by atoms with Gasteiger partial charge in [0.15, 0.2) is 0 Å². The second-order valence-corrected chi connectivity index (χ2v) is 5.59. The van der Waals surface area contributed by atoms with Crippen molar-refractivity contribution >= 4 is 23.6 Å². The largest absolute Gasteiger partial charge is 0.376 e. The SMILES string of the molecule is CNCC(=O)NCC(=O)N[C@@H](Cc1ccccc1)C(=O)NCC(=O)NCO. The van der Waals surface area contributed by atoms with Gasteiger partial charge in [0.1, 0.15) is 12.8 Å². The zero-order valence-electron chi connectivity index (χ0n) is 15.1. The second kappa shape index (κ2) is 12.4. The number of hydrogen-bond acceptors (Lipinski definition) is 6. The predicted octanol–water partition coefficient (Wildman–Crippen LogP) is -2.77. The Morgan fingerprint density at radius 2 is 1.52 bits per heavy atom. The number of aliphatic hydroxyl groups is 1. The van der Waals surface area contributed by atoms with E-state index < -0.39 is 30.5 Å². The van der Waals surface area contributed by atoms with Crippen LogP contribution in [0.4, 0.5) is 0 Å². The smallest absolute Gasteiger partial charge is 0.243 e. The van der Waals surface area contributed by atoms with Gasteiger partial charge in [0.25, 0.3) is 0 Å². The zero-order chi connectivity index (χ0) is 20.1. The fraction of sp³-hybridized carbons (Fsp3) is 0.412. The average molecular weight is 379 g/mol. The van der Waals surface area contributed by atoms with Gasteiger partial charge in [-0.2, -0.15) is 0 Å². The van der Waals surface area contributed by atoms with Crippen LogP contribution in [0.25, 0.3) is 0 Å². The van der Waals surface area contributed by atoms with Gasteiger partial charge in [0.2, 0.25) is 23.6 Å². The van der Waals surface area contributed by atoms with Crippen molar-refractivity contribution in [3.8, 4) is 0 Å². The highest BCUT2D eigenvalue weighted by atomic mass is 16.3. The third-order valence-corrected chi connectivity index (χ3v) is 3.42. The molecule has 1 aromatic carbocycles. The summed E-state index contributed by atoms with van der Waals surface area (Å²) in [5, 5.41) is 20.8. The number of amides is 4. The highest BCUT2D eigenvalue weighted by molar-refractivity contribution is 5.92. The van der Waals surface area contributed by atoms with Gasteiger partial charge in [-0.1, -0.05) is 30.3 Å². The van der Waals surface area contributed by atoms with Gasteiger partial charge >= 0.3 is 0 Å². The first-order valence-electron chi connectivity index (χ1n) is 8.36. The molecule has 0 fully saturated rings. The molecule has 0 saturated heterocycles. The molecule has 0 saturated carbocycles. The molecule has 0 spiro atoms. The quantitative estimate of drug-likeness (QED) is 0.229. The van der Waals surface area contributed by atoms with E-state index in [1.54, 1.807) is 31.3 Å². The highest BCUT2D eigenvalue weighted by Crippen LogP contribution is 2.03. The molecule has 0 aliphatic rings. The van der Waals surface area contributed by atoms with Crippen molar-refractivity contribution in [2.75, 3.05) is 33.4 Å². The van der Waals surface area contributed by atoms with Gasteiger partial charge in [-0.25, -0.2) is 0 Å². The van der Waals surface area contributed by atoms with Crippen LogP contribution in [-0.4, -0.2) is 68.2 Å². The molecule has 4 amide bonds. The molecule has 1 aromatic rings. The van der Waals surface area contributed by atoms with Crippen molar-refractivity contribution in [2.45, 2.75) is 12.5 Å². The summed E-state index contributed by atoms with van der Waals surface area (Å²) < 4.78 is 0. The molecular weight excluding hydrogens is 354 g/mol. The number of nitrogens with one attached hydrogen (secondary N) is 5. The number of aliphatic hydroxyl groups excluding tert-OH is 1. The number of likely N-dealkylation sites (N-methyl/N-ethyl adjacent to an activating group) is 1. The third-order valence-electron chi connectivity index (χ3n) is 3.42. The Bertz CT molecular complexity index is 638. The van der Waals surface area contributed by atoms with Crippen molar-refractivity contribution in [2.24, 2.45) is 0 Å². The Kier molecular flexibility index (Phi) is 10.1. The summed E-state index contributed by atoms with van der Waals surface area (Å²) in [6.07, 6.45) is 0.213. The molecule has 0 aliphatic carbocycles. The van der Waals surface area contributed by atoms with Gasteiger partial charge in [-0.05, 0) is 12.6 Å². The first-order valence-corrected chi connectivity index (χ1v) is 8.36. The minimum Gasteiger partial charge on any atom is -0.376 e. The van der Waals surface area contributed by atoms with E-state index in [-0.39, 0.29) is 32.0 Å². The van der Waals surface area contributed by atoms with Crippen LogP contribution in [0.5, 0.6) is 0 Å². The Balaban J connectivity index is 2.66. The lowest BCUT2D eigenvalue weighted by atomic mass is 10.1. The highest BCUT2D eigenvalue weighted by Gasteiger charge is 2.22. The maximum Gasteiger partial charge on any atom is 0.243 e. The number of rotatable bonds is 11. The minimum atomic E-state index is -0.928. The van der Waals surface area contributed by atoms with Gasteiger partial charge in [-0.15, -0.1) is 0 Å². The van der Waals surface area contributed by atoms with Crippen LogP contribution in [0, 0.1) is 0 Å². The maximum absolute atomic E-state index is 12.4.